The van der Waals surface area contributed by atoms with Gasteiger partial charge < -0.3 is 4.74 Å². The van der Waals surface area contributed by atoms with Crippen LogP contribution in [0.25, 0.3) is 17.1 Å². The summed E-state index contributed by atoms with van der Waals surface area (Å²) in [5.74, 6) is 1.53. The van der Waals surface area contributed by atoms with E-state index in [2.05, 4.69) is 16.3 Å². The number of methoxy groups -OCH3 is 1. The number of thioether (sulfide) groups is 1. The fraction of sp³-hybridized carbons (Fsp3) is 0.167. The van der Waals surface area contributed by atoms with Crippen molar-refractivity contribution < 1.29 is 4.74 Å². The number of rotatable bonds is 5. The molecule has 3 aromatic rings. The molecule has 0 fully saturated rings. The topological polar surface area (TPSA) is 63.7 Å². The largest absolute Gasteiger partial charge is 0.497 e. The predicted octanol–water partition coefficient (Wildman–Crippen LogP) is 3.95. The Hall–Kier alpha value is -2.78. The van der Waals surface area contributed by atoms with Gasteiger partial charge in [0.05, 0.1) is 18.4 Å². The average Bonchev–Trinajstić information content (AvgIpc) is 3.05. The molecule has 24 heavy (non-hydrogen) atoms. The van der Waals surface area contributed by atoms with E-state index < -0.39 is 0 Å². The molecule has 0 saturated heterocycles. The summed E-state index contributed by atoms with van der Waals surface area (Å²) < 4.78 is 7.19. The second-order valence-electron chi connectivity index (χ2n) is 5.09. The van der Waals surface area contributed by atoms with E-state index in [1.165, 1.54) is 11.8 Å². The maximum atomic E-state index is 9.10. The quantitative estimate of drug-likeness (QED) is 0.660. The van der Waals surface area contributed by atoms with E-state index >= 15 is 0 Å². The van der Waals surface area contributed by atoms with Crippen molar-refractivity contribution in [1.29, 1.82) is 5.26 Å². The van der Waals surface area contributed by atoms with Gasteiger partial charge in [-0.25, -0.2) is 0 Å². The Kier molecular flexibility index (Phi) is 4.82. The molecule has 0 aliphatic heterocycles. The van der Waals surface area contributed by atoms with E-state index in [1.807, 2.05) is 66.1 Å². The molecule has 0 aliphatic rings. The summed E-state index contributed by atoms with van der Waals surface area (Å²) in [5, 5.41) is 18.2. The highest BCUT2D eigenvalue weighted by molar-refractivity contribution is 8.00. The fourth-order valence-corrected chi connectivity index (χ4v) is 3.02. The molecule has 0 bridgehead atoms. The number of hydrogen-bond acceptors (Lipinski definition) is 5. The third-order valence-corrected chi connectivity index (χ3v) is 4.39. The van der Waals surface area contributed by atoms with Crippen molar-refractivity contribution in [3.63, 3.8) is 0 Å². The van der Waals surface area contributed by atoms with Crippen LogP contribution in [0.3, 0.4) is 0 Å². The summed E-state index contributed by atoms with van der Waals surface area (Å²) in [6.07, 6.45) is 0. The molecular weight excluding hydrogens is 320 g/mol. The highest BCUT2D eigenvalue weighted by Gasteiger charge is 2.18. The molecule has 1 atom stereocenters. The van der Waals surface area contributed by atoms with E-state index in [-0.39, 0.29) is 5.25 Å². The Morgan fingerprint density at radius 2 is 1.79 bits per heavy atom. The summed E-state index contributed by atoms with van der Waals surface area (Å²) in [6, 6.07) is 19.8. The fourth-order valence-electron chi connectivity index (χ4n) is 2.27. The molecule has 1 aromatic heterocycles. The number of hydrogen-bond donors (Lipinski definition) is 0. The van der Waals surface area contributed by atoms with Gasteiger partial charge in [0, 0.05) is 11.3 Å². The van der Waals surface area contributed by atoms with Gasteiger partial charge in [0.1, 0.15) is 5.75 Å². The number of nitrogens with zero attached hydrogens (tertiary/aromatic N) is 4. The van der Waals surface area contributed by atoms with Crippen molar-refractivity contribution in [3.05, 3.63) is 54.6 Å². The predicted molar refractivity (Wildman–Crippen MR) is 94.3 cm³/mol. The van der Waals surface area contributed by atoms with Crippen molar-refractivity contribution in [2.75, 3.05) is 7.11 Å². The third-order valence-electron chi connectivity index (χ3n) is 3.46. The average molecular weight is 336 g/mol. The molecule has 0 N–H and O–H groups in total. The van der Waals surface area contributed by atoms with E-state index in [9.17, 15) is 0 Å². The van der Waals surface area contributed by atoms with Crippen LogP contribution in [0.4, 0.5) is 0 Å². The second kappa shape index (κ2) is 7.20. The van der Waals surface area contributed by atoms with Crippen molar-refractivity contribution >= 4 is 11.8 Å². The first kappa shape index (κ1) is 16.1. The van der Waals surface area contributed by atoms with Gasteiger partial charge in [0.2, 0.25) is 0 Å². The van der Waals surface area contributed by atoms with Crippen molar-refractivity contribution in [2.24, 2.45) is 0 Å². The number of nitriles is 1. The van der Waals surface area contributed by atoms with Crippen LogP contribution in [0.5, 0.6) is 5.75 Å². The number of ether oxygens (including phenoxy) is 1. The Balaban J connectivity index is 2.12. The summed E-state index contributed by atoms with van der Waals surface area (Å²) in [7, 11) is 1.64. The lowest BCUT2D eigenvalue weighted by Crippen LogP contribution is -2.02. The van der Waals surface area contributed by atoms with Crippen molar-refractivity contribution in [1.82, 2.24) is 14.8 Å². The minimum absolute atomic E-state index is 0.213. The van der Waals surface area contributed by atoms with E-state index in [1.54, 1.807) is 7.11 Å². The second-order valence-corrected chi connectivity index (χ2v) is 6.40. The van der Waals surface area contributed by atoms with Crippen LogP contribution in [0.15, 0.2) is 59.8 Å². The van der Waals surface area contributed by atoms with Crippen LogP contribution < -0.4 is 4.74 Å². The minimum atomic E-state index is -0.213. The Bertz CT molecular complexity index is 853. The lowest BCUT2D eigenvalue weighted by molar-refractivity contribution is 0.414. The normalized spacial score (nSPS) is 11.7. The van der Waals surface area contributed by atoms with Gasteiger partial charge in [-0.15, -0.1) is 10.2 Å². The van der Waals surface area contributed by atoms with Gasteiger partial charge in [-0.05, 0) is 31.2 Å². The van der Waals surface area contributed by atoms with Crippen LogP contribution in [-0.4, -0.2) is 27.1 Å². The Morgan fingerprint density at radius 1 is 1.08 bits per heavy atom. The van der Waals surface area contributed by atoms with Gasteiger partial charge in [0.15, 0.2) is 11.0 Å². The van der Waals surface area contributed by atoms with Crippen LogP contribution in [0.2, 0.25) is 0 Å². The summed E-state index contributed by atoms with van der Waals surface area (Å²) in [5.41, 5.74) is 1.89. The molecular formula is C18H16N4OS. The zero-order valence-corrected chi connectivity index (χ0v) is 14.2. The smallest absolute Gasteiger partial charge is 0.197 e. The van der Waals surface area contributed by atoms with Gasteiger partial charge in [-0.1, -0.05) is 42.1 Å². The maximum Gasteiger partial charge on any atom is 0.197 e. The van der Waals surface area contributed by atoms with Crippen molar-refractivity contribution in [3.8, 4) is 28.9 Å². The maximum absolute atomic E-state index is 9.10. The summed E-state index contributed by atoms with van der Waals surface area (Å²) >= 11 is 1.39. The molecule has 0 saturated carbocycles. The molecule has 0 radical (unpaired) electrons. The van der Waals surface area contributed by atoms with Gasteiger partial charge in [-0.3, -0.25) is 4.57 Å². The Labute approximate surface area is 144 Å². The van der Waals surface area contributed by atoms with Crippen molar-refractivity contribution in [2.45, 2.75) is 17.3 Å². The summed E-state index contributed by atoms with van der Waals surface area (Å²) in [6.45, 7) is 1.85. The van der Waals surface area contributed by atoms with Gasteiger partial charge >= 0.3 is 0 Å². The van der Waals surface area contributed by atoms with Gasteiger partial charge in [-0.2, -0.15) is 5.26 Å². The molecule has 120 valence electrons. The van der Waals surface area contributed by atoms with Crippen LogP contribution in [-0.2, 0) is 0 Å². The molecule has 0 unspecified atom stereocenters. The minimum Gasteiger partial charge on any atom is -0.497 e. The molecule has 0 amide bonds. The monoisotopic (exact) mass is 336 g/mol. The van der Waals surface area contributed by atoms with Crippen LogP contribution in [0.1, 0.15) is 6.92 Å². The molecule has 1 heterocycles. The van der Waals surface area contributed by atoms with E-state index in [0.717, 1.165) is 22.8 Å². The van der Waals surface area contributed by atoms with E-state index in [4.69, 9.17) is 10.00 Å². The summed E-state index contributed by atoms with van der Waals surface area (Å²) in [4.78, 5) is 0. The number of benzene rings is 2. The first-order valence-corrected chi connectivity index (χ1v) is 8.32. The van der Waals surface area contributed by atoms with Crippen LogP contribution in [0, 0.1) is 11.3 Å². The molecule has 3 rings (SSSR count). The molecule has 2 aromatic carbocycles. The van der Waals surface area contributed by atoms with Gasteiger partial charge in [0.25, 0.3) is 0 Å². The lowest BCUT2D eigenvalue weighted by Gasteiger charge is -2.11. The van der Waals surface area contributed by atoms with E-state index in [0.29, 0.717) is 5.16 Å². The first-order chi connectivity index (χ1) is 11.7. The van der Waals surface area contributed by atoms with Crippen LogP contribution >= 0.6 is 11.8 Å². The highest BCUT2D eigenvalue weighted by atomic mass is 32.2. The lowest BCUT2D eigenvalue weighted by atomic mass is 10.2. The molecule has 5 nitrogen and oxygen atoms in total. The standard InChI is InChI=1S/C18H16N4OS/c1-13(12-19)24-18-21-20-17(14-6-4-3-5-7-14)22(18)15-8-10-16(23-2)11-9-15/h3-11,13H,1-2H3/t13-/m1/s1. The molecule has 0 spiro atoms. The zero-order valence-electron chi connectivity index (χ0n) is 13.4. The number of aromatic nitrogens is 3. The highest BCUT2D eigenvalue weighted by Crippen LogP contribution is 2.30. The zero-order chi connectivity index (χ0) is 16.9. The molecule has 6 heteroatoms. The SMILES string of the molecule is COc1ccc(-n2c(S[C@H](C)C#N)nnc2-c2ccccc2)cc1. The first-order valence-electron chi connectivity index (χ1n) is 7.44. The molecule has 0 aliphatic carbocycles. The third kappa shape index (κ3) is 3.26. The Morgan fingerprint density at radius 3 is 2.42 bits per heavy atom.